The highest BCUT2D eigenvalue weighted by Crippen LogP contribution is 2.24. The van der Waals surface area contributed by atoms with Gasteiger partial charge in [0.1, 0.15) is 5.15 Å². The molecule has 0 fully saturated rings. The number of carbonyl (C=O) groups excluding carboxylic acids is 1. The predicted octanol–water partition coefficient (Wildman–Crippen LogP) is 5.14. The highest BCUT2D eigenvalue weighted by Gasteiger charge is 2.22. The van der Waals surface area contributed by atoms with Crippen molar-refractivity contribution in [2.24, 2.45) is 0 Å². The number of amides is 1. The van der Waals surface area contributed by atoms with Crippen LogP contribution in [-0.2, 0) is 13.0 Å². The van der Waals surface area contributed by atoms with Gasteiger partial charge in [0, 0.05) is 11.6 Å². The fourth-order valence-corrected chi connectivity index (χ4v) is 4.07. The number of nitrogens with one attached hydrogen (secondary N) is 1. The van der Waals surface area contributed by atoms with Crippen LogP contribution in [0.1, 0.15) is 45.7 Å². The van der Waals surface area contributed by atoms with E-state index in [1.807, 2.05) is 38.4 Å². The van der Waals surface area contributed by atoms with Gasteiger partial charge in [-0.2, -0.15) is 5.10 Å². The van der Waals surface area contributed by atoms with E-state index in [9.17, 15) is 4.79 Å². The van der Waals surface area contributed by atoms with Crippen molar-refractivity contribution in [3.8, 4) is 0 Å². The summed E-state index contributed by atoms with van der Waals surface area (Å²) in [4.78, 5) is 15.1. The number of halogens is 2. The summed E-state index contributed by atoms with van der Waals surface area (Å²) in [7, 11) is 4.01. The van der Waals surface area contributed by atoms with Gasteiger partial charge < -0.3 is 10.2 Å². The summed E-state index contributed by atoms with van der Waals surface area (Å²) in [5.74, 6) is -0.232. The Morgan fingerprint density at radius 1 is 1.13 bits per heavy atom. The molecule has 0 aliphatic heterocycles. The van der Waals surface area contributed by atoms with Crippen molar-refractivity contribution < 1.29 is 4.79 Å². The van der Waals surface area contributed by atoms with Crippen LogP contribution in [0.15, 0.2) is 48.5 Å². The topological polar surface area (TPSA) is 50.2 Å². The normalized spacial score (nSPS) is 12.2. The smallest absolute Gasteiger partial charge is 0.256 e. The van der Waals surface area contributed by atoms with E-state index >= 15 is 0 Å². The quantitative estimate of drug-likeness (QED) is 0.508. The van der Waals surface area contributed by atoms with Gasteiger partial charge in [0.2, 0.25) is 0 Å². The first-order valence-electron chi connectivity index (χ1n) is 10.3. The molecule has 164 valence electrons. The fourth-order valence-electron chi connectivity index (χ4n) is 3.56. The molecule has 1 amide bonds. The number of hydrogen-bond acceptors (Lipinski definition) is 3. The number of carbonyl (C=O) groups is 1. The molecule has 1 N–H and O–H groups in total. The van der Waals surface area contributed by atoms with Crippen LogP contribution >= 0.6 is 23.2 Å². The fraction of sp³-hybridized carbons (Fsp3) is 0.333. The van der Waals surface area contributed by atoms with Crippen molar-refractivity contribution in [1.82, 2.24) is 20.0 Å². The van der Waals surface area contributed by atoms with Crippen molar-refractivity contribution in [2.75, 3.05) is 20.6 Å². The Kier molecular flexibility index (Phi) is 7.76. The summed E-state index contributed by atoms with van der Waals surface area (Å²) in [6.07, 6.45) is 1.000. The molecule has 1 atom stereocenters. The zero-order valence-corrected chi connectivity index (χ0v) is 19.8. The number of benzene rings is 2. The minimum atomic E-state index is -0.232. The van der Waals surface area contributed by atoms with Crippen LogP contribution < -0.4 is 5.32 Å². The maximum atomic E-state index is 13.0. The van der Waals surface area contributed by atoms with Crippen molar-refractivity contribution in [3.05, 3.63) is 86.7 Å². The summed E-state index contributed by atoms with van der Waals surface area (Å²) >= 11 is 12.8. The largest absolute Gasteiger partial charge is 0.350 e. The van der Waals surface area contributed by atoms with Crippen LogP contribution in [0.5, 0.6) is 0 Å². The molecule has 0 saturated carbocycles. The summed E-state index contributed by atoms with van der Waals surface area (Å²) in [5.41, 5.74) is 4.32. The molecular formula is C24H28Cl2N4O. The molecule has 0 radical (unpaired) electrons. The first-order chi connectivity index (χ1) is 14.8. The van der Waals surface area contributed by atoms with Crippen LogP contribution in [0.2, 0.25) is 10.2 Å². The van der Waals surface area contributed by atoms with E-state index in [-0.39, 0.29) is 11.9 Å². The van der Waals surface area contributed by atoms with Gasteiger partial charge in [0.25, 0.3) is 5.91 Å². The van der Waals surface area contributed by atoms with Crippen molar-refractivity contribution in [2.45, 2.75) is 32.9 Å². The van der Waals surface area contributed by atoms with E-state index in [0.29, 0.717) is 34.5 Å². The second kappa shape index (κ2) is 10.3. The van der Waals surface area contributed by atoms with E-state index in [1.165, 1.54) is 5.56 Å². The van der Waals surface area contributed by atoms with Gasteiger partial charge in [-0.15, -0.1) is 0 Å². The SMILES string of the molecule is CCc1ccc(C(CNC(=O)c2c(C)nn(Cc3ccccc3Cl)c2Cl)N(C)C)cc1. The van der Waals surface area contributed by atoms with Gasteiger partial charge in [-0.3, -0.25) is 4.79 Å². The van der Waals surface area contributed by atoms with Crippen molar-refractivity contribution >= 4 is 29.1 Å². The number of aryl methyl sites for hydroxylation is 2. The number of rotatable bonds is 8. The van der Waals surface area contributed by atoms with Crippen LogP contribution in [0.4, 0.5) is 0 Å². The number of nitrogens with zero attached hydrogens (tertiary/aromatic N) is 3. The first kappa shape index (κ1) is 23.3. The third-order valence-corrected chi connectivity index (χ3v) is 6.18. The Bertz CT molecular complexity index is 1040. The van der Waals surface area contributed by atoms with Gasteiger partial charge in [0.05, 0.1) is 23.8 Å². The molecule has 1 heterocycles. The van der Waals surface area contributed by atoms with Gasteiger partial charge in [-0.25, -0.2) is 4.68 Å². The summed E-state index contributed by atoms with van der Waals surface area (Å²) in [5, 5.41) is 8.44. The predicted molar refractivity (Wildman–Crippen MR) is 127 cm³/mol. The van der Waals surface area contributed by atoms with E-state index < -0.39 is 0 Å². The lowest BCUT2D eigenvalue weighted by Crippen LogP contribution is -2.34. The Morgan fingerprint density at radius 2 is 1.81 bits per heavy atom. The minimum Gasteiger partial charge on any atom is -0.350 e. The second-order valence-corrected chi connectivity index (χ2v) is 8.55. The molecule has 0 saturated heterocycles. The third-order valence-electron chi connectivity index (χ3n) is 5.42. The van der Waals surface area contributed by atoms with Crippen LogP contribution in [0.3, 0.4) is 0 Å². The molecule has 0 spiro atoms. The summed E-state index contributed by atoms with van der Waals surface area (Å²) in [6.45, 7) is 4.78. The maximum Gasteiger partial charge on any atom is 0.256 e. The highest BCUT2D eigenvalue weighted by molar-refractivity contribution is 6.33. The standard InChI is InChI=1S/C24H28Cl2N4O/c1-5-17-10-12-18(13-11-17)21(29(3)4)14-27-24(31)22-16(2)28-30(23(22)26)15-19-8-6-7-9-20(19)25/h6-13,21H,5,14-15H2,1-4H3,(H,27,31). The Balaban J connectivity index is 1.74. The molecule has 5 nitrogen and oxygen atoms in total. The molecule has 1 unspecified atom stereocenters. The highest BCUT2D eigenvalue weighted by atomic mass is 35.5. The zero-order chi connectivity index (χ0) is 22.5. The minimum absolute atomic E-state index is 0.0482. The molecule has 1 aromatic heterocycles. The van der Waals surface area contributed by atoms with Crippen molar-refractivity contribution in [3.63, 3.8) is 0 Å². The van der Waals surface area contributed by atoms with E-state index in [0.717, 1.165) is 17.5 Å². The molecule has 31 heavy (non-hydrogen) atoms. The monoisotopic (exact) mass is 458 g/mol. The van der Waals surface area contributed by atoms with Crippen LogP contribution in [0.25, 0.3) is 0 Å². The molecule has 0 bridgehead atoms. The first-order valence-corrected chi connectivity index (χ1v) is 11.1. The van der Waals surface area contributed by atoms with Gasteiger partial charge >= 0.3 is 0 Å². The number of hydrogen-bond donors (Lipinski definition) is 1. The summed E-state index contributed by atoms with van der Waals surface area (Å²) < 4.78 is 1.61. The molecular weight excluding hydrogens is 431 g/mol. The zero-order valence-electron chi connectivity index (χ0n) is 18.3. The van der Waals surface area contributed by atoms with Gasteiger partial charge in [-0.05, 0) is 50.2 Å². The Morgan fingerprint density at radius 3 is 2.42 bits per heavy atom. The second-order valence-electron chi connectivity index (χ2n) is 7.78. The van der Waals surface area contributed by atoms with Crippen molar-refractivity contribution in [1.29, 1.82) is 0 Å². The van der Waals surface area contributed by atoms with E-state index in [2.05, 4.69) is 46.5 Å². The summed E-state index contributed by atoms with van der Waals surface area (Å²) in [6, 6.07) is 16.1. The number of likely N-dealkylation sites (N-methyl/N-ethyl adjacent to an activating group) is 1. The van der Waals surface area contributed by atoms with Gasteiger partial charge in [-0.1, -0.05) is 72.6 Å². The molecule has 7 heteroatoms. The number of aromatic nitrogens is 2. The molecule has 0 aliphatic carbocycles. The Hall–Kier alpha value is -2.34. The van der Waals surface area contributed by atoms with E-state index in [4.69, 9.17) is 23.2 Å². The third kappa shape index (κ3) is 5.48. The van der Waals surface area contributed by atoms with Gasteiger partial charge in [0.15, 0.2) is 0 Å². The Labute approximate surface area is 194 Å². The molecule has 2 aromatic carbocycles. The van der Waals surface area contributed by atoms with Crippen LogP contribution in [-0.4, -0.2) is 41.2 Å². The average molecular weight is 459 g/mol. The van der Waals surface area contributed by atoms with Crippen LogP contribution in [0, 0.1) is 6.92 Å². The lowest BCUT2D eigenvalue weighted by molar-refractivity contribution is 0.0941. The van der Waals surface area contributed by atoms with E-state index in [1.54, 1.807) is 11.6 Å². The molecule has 3 aromatic rings. The molecule has 3 rings (SSSR count). The maximum absolute atomic E-state index is 13.0. The lowest BCUT2D eigenvalue weighted by Gasteiger charge is -2.25. The molecule has 0 aliphatic rings. The lowest BCUT2D eigenvalue weighted by atomic mass is 10.0. The average Bonchev–Trinajstić information content (AvgIpc) is 3.03.